The number of aromatic nitrogens is 4. The van der Waals surface area contributed by atoms with Crippen molar-refractivity contribution in [1.29, 1.82) is 0 Å². The Kier molecular flexibility index (Phi) is 5.93. The highest BCUT2D eigenvalue weighted by molar-refractivity contribution is 5.81. The number of para-hydroxylation sites is 1. The summed E-state index contributed by atoms with van der Waals surface area (Å²) < 4.78 is 8.85. The zero-order chi connectivity index (χ0) is 22.8. The minimum atomic E-state index is -0.588. The summed E-state index contributed by atoms with van der Waals surface area (Å²) in [6.45, 7) is 2.68. The summed E-state index contributed by atoms with van der Waals surface area (Å²) in [5, 5.41) is 4.56. The van der Waals surface area contributed by atoms with E-state index >= 15 is 0 Å². The molecule has 1 aliphatic heterocycles. The lowest BCUT2D eigenvalue weighted by atomic mass is 9.97. The van der Waals surface area contributed by atoms with Gasteiger partial charge in [-0.15, -0.1) is 0 Å². The van der Waals surface area contributed by atoms with Gasteiger partial charge >= 0.3 is 11.7 Å². The van der Waals surface area contributed by atoms with Crippen molar-refractivity contribution in [2.75, 3.05) is 19.7 Å². The van der Waals surface area contributed by atoms with Gasteiger partial charge in [-0.25, -0.2) is 9.48 Å². The maximum atomic E-state index is 13.1. The number of amides is 1. The van der Waals surface area contributed by atoms with Crippen molar-refractivity contribution in [2.45, 2.75) is 26.3 Å². The summed E-state index contributed by atoms with van der Waals surface area (Å²) in [7, 11) is 1.38. The monoisotopic (exact) mass is 439 g/mol. The highest BCUT2D eigenvalue weighted by Crippen LogP contribution is 2.20. The molecule has 1 aromatic carbocycles. The normalized spacial score (nSPS) is 14.6. The number of benzene rings is 1. The number of nitrogens with zero attached hydrogens (tertiary/aromatic N) is 5. The molecule has 0 atom stereocenters. The standard InChI is InChI=1S/C22H25N5O5/c1-3-32-21(30)15-9-11-25(12-10-15)18(28)14-26-19-17(20(29)24(2)22(26)31)13-23-27(19)16-7-5-4-6-8-16/h4-8,13,15H,3,9-12,14H2,1-2H3. The average molecular weight is 439 g/mol. The second-order valence-corrected chi connectivity index (χ2v) is 7.77. The first-order valence-corrected chi connectivity index (χ1v) is 10.6. The largest absolute Gasteiger partial charge is 0.466 e. The van der Waals surface area contributed by atoms with Gasteiger partial charge in [0.2, 0.25) is 5.91 Å². The second-order valence-electron chi connectivity index (χ2n) is 7.77. The maximum absolute atomic E-state index is 13.1. The predicted molar refractivity (Wildman–Crippen MR) is 117 cm³/mol. The molecule has 3 heterocycles. The van der Waals surface area contributed by atoms with Crippen LogP contribution in [0.25, 0.3) is 16.7 Å². The first kappa shape index (κ1) is 21.5. The number of hydrogen-bond donors (Lipinski definition) is 0. The lowest BCUT2D eigenvalue weighted by molar-refractivity contribution is -0.151. The molecular formula is C22H25N5O5. The van der Waals surface area contributed by atoms with Crippen LogP contribution >= 0.6 is 0 Å². The molecule has 1 aliphatic rings. The molecule has 3 aromatic rings. The first-order valence-electron chi connectivity index (χ1n) is 10.6. The van der Waals surface area contributed by atoms with Crippen molar-refractivity contribution < 1.29 is 14.3 Å². The van der Waals surface area contributed by atoms with E-state index in [9.17, 15) is 19.2 Å². The molecule has 0 saturated carbocycles. The van der Waals surface area contributed by atoms with Crippen molar-refractivity contribution in [3.63, 3.8) is 0 Å². The third kappa shape index (κ3) is 3.83. The van der Waals surface area contributed by atoms with Crippen LogP contribution in [0.15, 0.2) is 46.1 Å². The molecule has 10 heteroatoms. The number of likely N-dealkylation sites (tertiary alicyclic amines) is 1. The Balaban J connectivity index is 1.65. The highest BCUT2D eigenvalue weighted by Gasteiger charge is 2.29. The molecule has 1 amide bonds. The SMILES string of the molecule is CCOC(=O)C1CCN(C(=O)Cn2c(=O)n(C)c(=O)c3cnn(-c4ccccc4)c32)CC1. The van der Waals surface area contributed by atoms with Crippen LogP contribution in [-0.4, -0.2) is 55.4 Å². The molecule has 1 fully saturated rings. The van der Waals surface area contributed by atoms with Crippen LogP contribution in [0.3, 0.4) is 0 Å². The molecule has 0 aliphatic carbocycles. The van der Waals surface area contributed by atoms with Crippen molar-refractivity contribution >= 4 is 22.9 Å². The molecule has 0 spiro atoms. The van der Waals surface area contributed by atoms with Gasteiger partial charge in [0.1, 0.15) is 11.9 Å². The molecule has 0 radical (unpaired) electrons. The third-order valence-corrected chi connectivity index (χ3v) is 5.81. The number of piperidine rings is 1. The van der Waals surface area contributed by atoms with Gasteiger partial charge in [0, 0.05) is 20.1 Å². The highest BCUT2D eigenvalue weighted by atomic mass is 16.5. The summed E-state index contributed by atoms with van der Waals surface area (Å²) in [6, 6.07) is 9.11. The van der Waals surface area contributed by atoms with E-state index in [1.807, 2.05) is 18.2 Å². The lowest BCUT2D eigenvalue weighted by Crippen LogP contribution is -2.45. The summed E-state index contributed by atoms with van der Waals surface area (Å²) in [6.07, 6.45) is 2.45. The van der Waals surface area contributed by atoms with Crippen LogP contribution < -0.4 is 11.2 Å². The van der Waals surface area contributed by atoms with Crippen LogP contribution in [0, 0.1) is 5.92 Å². The average Bonchev–Trinajstić information content (AvgIpc) is 3.26. The van der Waals surface area contributed by atoms with Gasteiger partial charge in [-0.2, -0.15) is 5.10 Å². The third-order valence-electron chi connectivity index (χ3n) is 5.81. The zero-order valence-electron chi connectivity index (χ0n) is 18.1. The topological polar surface area (TPSA) is 108 Å². The number of carbonyl (C=O) groups excluding carboxylic acids is 2. The van der Waals surface area contributed by atoms with E-state index in [1.165, 1.54) is 22.5 Å². The Morgan fingerprint density at radius 1 is 1.12 bits per heavy atom. The van der Waals surface area contributed by atoms with Crippen LogP contribution in [0.4, 0.5) is 0 Å². The smallest absolute Gasteiger partial charge is 0.332 e. The summed E-state index contributed by atoms with van der Waals surface area (Å²) in [5.74, 6) is -0.706. The fourth-order valence-electron chi connectivity index (χ4n) is 4.05. The van der Waals surface area contributed by atoms with E-state index in [-0.39, 0.29) is 35.4 Å². The number of hydrogen-bond acceptors (Lipinski definition) is 6. The molecule has 10 nitrogen and oxygen atoms in total. The minimum Gasteiger partial charge on any atom is -0.466 e. The fourth-order valence-corrected chi connectivity index (χ4v) is 4.05. The molecule has 0 N–H and O–H groups in total. The molecule has 1 saturated heterocycles. The number of fused-ring (bicyclic) bond motifs is 1. The van der Waals surface area contributed by atoms with Crippen molar-refractivity contribution in [3.8, 4) is 5.69 Å². The minimum absolute atomic E-state index is 0.217. The summed E-state index contributed by atoms with van der Waals surface area (Å²) in [5.41, 5.74) is -0.105. The molecule has 168 valence electrons. The summed E-state index contributed by atoms with van der Waals surface area (Å²) in [4.78, 5) is 52.3. The van der Waals surface area contributed by atoms with E-state index < -0.39 is 11.2 Å². The Labute approximate surface area is 183 Å². The molecule has 0 unspecified atom stereocenters. The van der Waals surface area contributed by atoms with Crippen molar-refractivity contribution in [1.82, 2.24) is 23.8 Å². The van der Waals surface area contributed by atoms with Crippen LogP contribution in [0.1, 0.15) is 19.8 Å². The molecule has 0 bridgehead atoms. The molecule has 32 heavy (non-hydrogen) atoms. The summed E-state index contributed by atoms with van der Waals surface area (Å²) >= 11 is 0. The van der Waals surface area contributed by atoms with E-state index in [4.69, 9.17) is 4.74 Å². The van der Waals surface area contributed by atoms with Gasteiger partial charge in [0.05, 0.1) is 24.4 Å². The number of esters is 1. The van der Waals surface area contributed by atoms with Gasteiger partial charge in [0.25, 0.3) is 5.56 Å². The maximum Gasteiger partial charge on any atom is 0.332 e. The Morgan fingerprint density at radius 3 is 2.47 bits per heavy atom. The van der Waals surface area contributed by atoms with Crippen LogP contribution in [0.2, 0.25) is 0 Å². The quantitative estimate of drug-likeness (QED) is 0.541. The van der Waals surface area contributed by atoms with E-state index in [0.717, 1.165) is 4.57 Å². The van der Waals surface area contributed by atoms with Crippen molar-refractivity contribution in [2.24, 2.45) is 13.0 Å². The first-order chi connectivity index (χ1) is 15.4. The van der Waals surface area contributed by atoms with Gasteiger partial charge in [0.15, 0.2) is 5.65 Å². The predicted octanol–water partition coefficient (Wildman–Crippen LogP) is 0.688. The Morgan fingerprint density at radius 2 is 1.81 bits per heavy atom. The zero-order valence-corrected chi connectivity index (χ0v) is 18.1. The van der Waals surface area contributed by atoms with E-state index in [2.05, 4.69) is 5.10 Å². The van der Waals surface area contributed by atoms with Gasteiger partial charge in [-0.1, -0.05) is 18.2 Å². The Hall–Kier alpha value is -3.69. The van der Waals surface area contributed by atoms with Crippen LogP contribution in [0.5, 0.6) is 0 Å². The number of carbonyl (C=O) groups is 2. The van der Waals surface area contributed by atoms with E-state index in [1.54, 1.807) is 24.0 Å². The Bertz CT molecular complexity index is 1270. The fraction of sp³-hybridized carbons (Fsp3) is 0.409. The lowest BCUT2D eigenvalue weighted by Gasteiger charge is -2.31. The van der Waals surface area contributed by atoms with Gasteiger partial charge in [-0.05, 0) is 31.9 Å². The molecular weight excluding hydrogens is 414 g/mol. The van der Waals surface area contributed by atoms with Gasteiger partial charge in [-0.3, -0.25) is 23.5 Å². The molecule has 4 rings (SSSR count). The van der Waals surface area contributed by atoms with Gasteiger partial charge < -0.3 is 9.64 Å². The van der Waals surface area contributed by atoms with Crippen molar-refractivity contribution in [3.05, 3.63) is 57.4 Å². The number of ether oxygens (including phenoxy) is 1. The van der Waals surface area contributed by atoms with Crippen LogP contribution in [-0.2, 0) is 27.9 Å². The number of rotatable bonds is 5. The van der Waals surface area contributed by atoms with E-state index in [0.29, 0.717) is 38.2 Å². The second kappa shape index (κ2) is 8.81. The molecule has 2 aromatic heterocycles.